The maximum absolute atomic E-state index is 12.8. The van der Waals surface area contributed by atoms with Gasteiger partial charge in [0.15, 0.2) is 0 Å². The molecule has 0 unspecified atom stereocenters. The molecule has 0 bridgehead atoms. The number of hydrogen-bond acceptors (Lipinski definition) is 4. The van der Waals surface area contributed by atoms with Gasteiger partial charge in [-0.3, -0.25) is 0 Å². The van der Waals surface area contributed by atoms with Gasteiger partial charge in [-0.15, -0.1) is 0 Å². The van der Waals surface area contributed by atoms with Crippen LogP contribution in [0.3, 0.4) is 0 Å². The van der Waals surface area contributed by atoms with E-state index in [1.165, 1.54) is 4.31 Å². The third-order valence-electron chi connectivity index (χ3n) is 4.12. The fraction of sp³-hybridized carbons (Fsp3) is 0.600. The molecule has 6 heteroatoms. The predicted octanol–water partition coefficient (Wildman–Crippen LogP) is 1.76. The van der Waals surface area contributed by atoms with E-state index in [2.05, 4.69) is 0 Å². The van der Waals surface area contributed by atoms with Crippen LogP contribution in [0.4, 0.5) is 5.69 Å². The van der Waals surface area contributed by atoms with Crippen molar-refractivity contribution in [1.82, 2.24) is 4.31 Å². The Morgan fingerprint density at radius 2 is 2.10 bits per heavy atom. The first-order valence-electron chi connectivity index (χ1n) is 7.51. The maximum Gasteiger partial charge on any atom is 0.243 e. The molecule has 2 rings (SSSR count). The van der Waals surface area contributed by atoms with Crippen molar-refractivity contribution in [3.8, 4) is 0 Å². The number of aryl methyl sites for hydroxylation is 1. The molecule has 1 aromatic carbocycles. The second-order valence-electron chi connectivity index (χ2n) is 5.49. The summed E-state index contributed by atoms with van der Waals surface area (Å²) in [5.41, 5.74) is 7.41. The minimum Gasteiger partial charge on any atom is -0.398 e. The molecule has 1 aliphatic rings. The molecule has 1 aliphatic carbocycles. The average molecular weight is 312 g/mol. The van der Waals surface area contributed by atoms with Gasteiger partial charge in [-0.1, -0.05) is 19.4 Å². The molecule has 1 saturated carbocycles. The SMILES string of the molecule is CCc1ccc(S(=O)(=O)N(CCCO)C2CCC2)cc1N. The fourth-order valence-electron chi connectivity index (χ4n) is 2.59. The molecule has 0 saturated heterocycles. The van der Waals surface area contributed by atoms with Gasteiger partial charge in [0, 0.05) is 24.9 Å². The van der Waals surface area contributed by atoms with Gasteiger partial charge >= 0.3 is 0 Å². The van der Waals surface area contributed by atoms with Crippen molar-refractivity contribution >= 4 is 15.7 Å². The second-order valence-corrected chi connectivity index (χ2v) is 7.38. The Morgan fingerprint density at radius 3 is 2.57 bits per heavy atom. The van der Waals surface area contributed by atoms with Crippen LogP contribution in [-0.4, -0.2) is 37.0 Å². The minimum atomic E-state index is -3.54. The number of anilines is 1. The van der Waals surface area contributed by atoms with Crippen LogP contribution >= 0.6 is 0 Å². The third-order valence-corrected chi connectivity index (χ3v) is 6.07. The first-order chi connectivity index (χ1) is 10.0. The number of hydrogen-bond donors (Lipinski definition) is 2. The largest absolute Gasteiger partial charge is 0.398 e. The smallest absolute Gasteiger partial charge is 0.243 e. The van der Waals surface area contributed by atoms with E-state index in [1.54, 1.807) is 18.2 Å². The summed E-state index contributed by atoms with van der Waals surface area (Å²) in [6, 6.07) is 5.04. The number of benzene rings is 1. The summed E-state index contributed by atoms with van der Waals surface area (Å²) in [6.45, 7) is 2.34. The monoisotopic (exact) mass is 312 g/mol. The zero-order chi connectivity index (χ0) is 15.5. The molecule has 0 aliphatic heterocycles. The Hall–Kier alpha value is -1.11. The van der Waals surface area contributed by atoms with Gasteiger partial charge < -0.3 is 10.8 Å². The number of rotatable bonds is 7. The highest BCUT2D eigenvalue weighted by Gasteiger charge is 2.34. The van der Waals surface area contributed by atoms with E-state index in [0.29, 0.717) is 18.7 Å². The number of aliphatic hydroxyl groups is 1. The predicted molar refractivity (Wildman–Crippen MR) is 83.5 cm³/mol. The number of nitrogens with zero attached hydrogens (tertiary/aromatic N) is 1. The molecule has 0 atom stereocenters. The fourth-order valence-corrected chi connectivity index (χ4v) is 4.35. The summed E-state index contributed by atoms with van der Waals surface area (Å²) >= 11 is 0. The van der Waals surface area contributed by atoms with Crippen LogP contribution in [0.2, 0.25) is 0 Å². The zero-order valence-electron chi connectivity index (χ0n) is 12.5. The highest BCUT2D eigenvalue weighted by atomic mass is 32.2. The van der Waals surface area contributed by atoms with E-state index in [0.717, 1.165) is 31.2 Å². The molecule has 1 aromatic rings. The Kier molecular flexibility index (Phi) is 5.24. The van der Waals surface area contributed by atoms with Gasteiger partial charge in [0.2, 0.25) is 10.0 Å². The summed E-state index contributed by atoms with van der Waals surface area (Å²) in [6.07, 6.45) is 4.09. The van der Waals surface area contributed by atoms with Crippen molar-refractivity contribution < 1.29 is 13.5 Å². The van der Waals surface area contributed by atoms with E-state index in [4.69, 9.17) is 10.8 Å². The van der Waals surface area contributed by atoms with Gasteiger partial charge in [-0.2, -0.15) is 4.31 Å². The van der Waals surface area contributed by atoms with Gasteiger partial charge in [0.25, 0.3) is 0 Å². The molecule has 1 fully saturated rings. The number of aliphatic hydroxyl groups excluding tert-OH is 1. The molecular formula is C15H24N2O3S. The van der Waals surface area contributed by atoms with Gasteiger partial charge in [0.1, 0.15) is 0 Å². The highest BCUT2D eigenvalue weighted by molar-refractivity contribution is 7.89. The number of sulfonamides is 1. The Balaban J connectivity index is 2.30. The highest BCUT2D eigenvalue weighted by Crippen LogP contribution is 2.31. The maximum atomic E-state index is 12.8. The van der Waals surface area contributed by atoms with Crippen molar-refractivity contribution in [1.29, 1.82) is 0 Å². The summed E-state index contributed by atoms with van der Waals surface area (Å²) in [5, 5.41) is 8.99. The molecule has 0 radical (unpaired) electrons. The molecule has 5 nitrogen and oxygen atoms in total. The van der Waals surface area contributed by atoms with Crippen molar-refractivity contribution in [2.45, 2.75) is 50.0 Å². The normalized spacial score (nSPS) is 16.1. The van der Waals surface area contributed by atoms with Crippen molar-refractivity contribution in [3.05, 3.63) is 23.8 Å². The van der Waals surface area contributed by atoms with Crippen molar-refractivity contribution in [3.63, 3.8) is 0 Å². The lowest BCUT2D eigenvalue weighted by molar-refractivity contribution is 0.198. The van der Waals surface area contributed by atoms with Gasteiger partial charge in [-0.05, 0) is 43.4 Å². The minimum absolute atomic E-state index is 0.00431. The first-order valence-corrected chi connectivity index (χ1v) is 8.95. The molecule has 0 amide bonds. The summed E-state index contributed by atoms with van der Waals surface area (Å²) in [5.74, 6) is 0. The van der Waals surface area contributed by atoms with Crippen LogP contribution in [0.15, 0.2) is 23.1 Å². The van der Waals surface area contributed by atoms with Crippen molar-refractivity contribution in [2.24, 2.45) is 0 Å². The lowest BCUT2D eigenvalue weighted by atomic mass is 9.93. The van der Waals surface area contributed by atoms with Crippen LogP contribution in [0, 0.1) is 0 Å². The second kappa shape index (κ2) is 6.77. The molecule has 3 N–H and O–H groups in total. The first kappa shape index (κ1) is 16.3. The molecular weight excluding hydrogens is 288 g/mol. The number of nitrogens with two attached hydrogens (primary N) is 1. The summed E-state index contributed by atoms with van der Waals surface area (Å²) in [4.78, 5) is 0.252. The van der Waals surface area contributed by atoms with E-state index in [1.807, 2.05) is 6.92 Å². The Morgan fingerprint density at radius 1 is 1.38 bits per heavy atom. The molecule has 0 aromatic heterocycles. The van der Waals surface area contributed by atoms with Gasteiger partial charge in [0.05, 0.1) is 4.90 Å². The van der Waals surface area contributed by atoms with Crippen LogP contribution < -0.4 is 5.73 Å². The third kappa shape index (κ3) is 3.39. The van der Waals surface area contributed by atoms with Crippen LogP contribution in [-0.2, 0) is 16.4 Å². The standard InChI is InChI=1S/C15H24N2O3S/c1-2-12-7-8-14(11-15(12)16)21(19,20)17(9-4-10-18)13-5-3-6-13/h7-8,11,13,18H,2-6,9-10,16H2,1H3. The Labute approximate surface area is 126 Å². The van der Waals surface area contributed by atoms with E-state index in [-0.39, 0.29) is 17.5 Å². The average Bonchev–Trinajstić information content (AvgIpc) is 2.40. The van der Waals surface area contributed by atoms with Crippen LogP contribution in [0.5, 0.6) is 0 Å². The molecule has 21 heavy (non-hydrogen) atoms. The van der Waals surface area contributed by atoms with E-state index >= 15 is 0 Å². The topological polar surface area (TPSA) is 83.6 Å². The molecule has 0 spiro atoms. The van der Waals surface area contributed by atoms with Crippen LogP contribution in [0.1, 0.15) is 38.2 Å². The van der Waals surface area contributed by atoms with E-state index < -0.39 is 10.0 Å². The van der Waals surface area contributed by atoms with E-state index in [9.17, 15) is 8.42 Å². The lowest BCUT2D eigenvalue weighted by Crippen LogP contribution is -2.44. The number of nitrogen functional groups attached to an aromatic ring is 1. The Bertz CT molecular complexity index is 583. The lowest BCUT2D eigenvalue weighted by Gasteiger charge is -2.36. The van der Waals surface area contributed by atoms with Crippen LogP contribution in [0.25, 0.3) is 0 Å². The quantitative estimate of drug-likeness (QED) is 0.751. The zero-order valence-corrected chi connectivity index (χ0v) is 13.3. The van der Waals surface area contributed by atoms with Gasteiger partial charge in [-0.25, -0.2) is 8.42 Å². The van der Waals surface area contributed by atoms with Crippen molar-refractivity contribution in [2.75, 3.05) is 18.9 Å². The molecule has 0 heterocycles. The summed E-state index contributed by atoms with van der Waals surface area (Å²) < 4.78 is 27.2. The summed E-state index contributed by atoms with van der Waals surface area (Å²) in [7, 11) is -3.54. The molecule has 118 valence electrons.